The van der Waals surface area contributed by atoms with Crippen LogP contribution in [0.25, 0.3) is 11.1 Å². The van der Waals surface area contributed by atoms with Crippen molar-refractivity contribution < 1.29 is 14.3 Å². The van der Waals surface area contributed by atoms with Gasteiger partial charge in [0.05, 0.1) is 7.11 Å². The van der Waals surface area contributed by atoms with Crippen LogP contribution < -0.4 is 21.1 Å². The second-order valence-corrected chi connectivity index (χ2v) is 7.82. The number of nitrogens with two attached hydrogens (primary N) is 1. The van der Waals surface area contributed by atoms with Gasteiger partial charge < -0.3 is 26.0 Å². The van der Waals surface area contributed by atoms with Gasteiger partial charge in [0.2, 0.25) is 11.9 Å². The first-order chi connectivity index (χ1) is 16.0. The van der Waals surface area contributed by atoms with Crippen LogP contribution in [0.15, 0.2) is 60.9 Å². The molecule has 0 spiro atoms. The normalized spacial score (nSPS) is 13.9. The molecule has 3 amide bonds. The van der Waals surface area contributed by atoms with Gasteiger partial charge in [-0.3, -0.25) is 4.79 Å². The van der Waals surface area contributed by atoms with Gasteiger partial charge in [0.15, 0.2) is 0 Å². The van der Waals surface area contributed by atoms with Crippen LogP contribution >= 0.6 is 0 Å². The Bertz CT molecular complexity index is 1110. The quantitative estimate of drug-likeness (QED) is 0.531. The molecule has 1 aromatic heterocycles. The average molecular weight is 447 g/mol. The van der Waals surface area contributed by atoms with E-state index >= 15 is 0 Å². The summed E-state index contributed by atoms with van der Waals surface area (Å²) in [5, 5.41) is 6.06. The number of primary amides is 1. The van der Waals surface area contributed by atoms with E-state index in [0.29, 0.717) is 37.6 Å². The minimum Gasteiger partial charge on any atom is -0.497 e. The zero-order chi connectivity index (χ0) is 23.2. The molecule has 1 aliphatic rings. The van der Waals surface area contributed by atoms with Gasteiger partial charge in [-0.05, 0) is 48.7 Å². The molecule has 9 heteroatoms. The largest absolute Gasteiger partial charge is 0.497 e. The molecule has 0 bridgehead atoms. The predicted molar refractivity (Wildman–Crippen MR) is 126 cm³/mol. The Balaban J connectivity index is 1.36. The van der Waals surface area contributed by atoms with Crippen molar-refractivity contribution in [2.75, 3.05) is 30.8 Å². The summed E-state index contributed by atoms with van der Waals surface area (Å²) < 4.78 is 5.18. The van der Waals surface area contributed by atoms with Crippen LogP contribution in [0.1, 0.15) is 12.8 Å². The number of hydrogen-bond acceptors (Lipinski definition) is 6. The molecule has 0 aliphatic carbocycles. The second-order valence-electron chi connectivity index (χ2n) is 7.82. The van der Waals surface area contributed by atoms with Gasteiger partial charge in [0.1, 0.15) is 5.75 Å². The van der Waals surface area contributed by atoms with Crippen LogP contribution in [0.4, 0.5) is 22.1 Å². The van der Waals surface area contributed by atoms with Gasteiger partial charge in [-0.25, -0.2) is 14.8 Å². The van der Waals surface area contributed by atoms with Crippen LogP contribution in [-0.2, 0) is 4.79 Å². The van der Waals surface area contributed by atoms with Crippen LogP contribution in [0.2, 0.25) is 0 Å². The Labute approximate surface area is 192 Å². The maximum atomic E-state index is 12.6. The number of methoxy groups -OCH3 is 1. The first-order valence-corrected chi connectivity index (χ1v) is 10.7. The van der Waals surface area contributed by atoms with Crippen LogP contribution in [0.5, 0.6) is 5.75 Å². The third-order valence-electron chi connectivity index (χ3n) is 5.63. The number of benzene rings is 2. The van der Waals surface area contributed by atoms with Crippen molar-refractivity contribution in [3.05, 3.63) is 60.9 Å². The fourth-order valence-electron chi connectivity index (χ4n) is 3.70. The molecule has 1 fully saturated rings. The Kier molecular flexibility index (Phi) is 6.68. The molecule has 0 saturated carbocycles. The summed E-state index contributed by atoms with van der Waals surface area (Å²) in [5.41, 5.74) is 8.64. The molecule has 33 heavy (non-hydrogen) atoms. The molecule has 2 heterocycles. The standard InChI is InChI=1S/C24H26N6O3/c1-33-21-7-5-16(6-8-21)18-14-26-23(27-15-18)28-19-3-2-4-20(13-19)29-24(32)30-11-9-17(10-12-30)22(25)31/h2-8,13-15,17H,9-12H2,1H3,(H2,25,31)(H,29,32)(H,26,27,28). The maximum absolute atomic E-state index is 12.6. The fraction of sp³-hybridized carbons (Fsp3) is 0.250. The summed E-state index contributed by atoms with van der Waals surface area (Å²) in [6.07, 6.45) is 4.68. The fourth-order valence-corrected chi connectivity index (χ4v) is 3.70. The number of likely N-dealkylation sites (tertiary alicyclic amines) is 1. The van der Waals surface area contributed by atoms with E-state index in [4.69, 9.17) is 10.5 Å². The van der Waals surface area contributed by atoms with E-state index in [1.54, 1.807) is 24.4 Å². The number of anilines is 3. The molecule has 1 saturated heterocycles. The van der Waals surface area contributed by atoms with Gasteiger partial charge >= 0.3 is 6.03 Å². The molecular formula is C24H26N6O3. The Morgan fingerprint density at radius 1 is 1.00 bits per heavy atom. The van der Waals surface area contributed by atoms with Crippen LogP contribution in [-0.4, -0.2) is 47.0 Å². The van der Waals surface area contributed by atoms with E-state index in [1.807, 2.05) is 48.5 Å². The van der Waals surface area contributed by atoms with Crippen LogP contribution in [0, 0.1) is 5.92 Å². The van der Waals surface area contributed by atoms with E-state index in [1.165, 1.54) is 0 Å². The molecule has 3 aromatic rings. The number of aromatic nitrogens is 2. The highest BCUT2D eigenvalue weighted by Crippen LogP contribution is 2.23. The molecule has 0 unspecified atom stereocenters. The molecule has 4 N–H and O–H groups in total. The van der Waals surface area contributed by atoms with Crippen molar-refractivity contribution in [1.82, 2.24) is 14.9 Å². The summed E-state index contributed by atoms with van der Waals surface area (Å²) >= 11 is 0. The Morgan fingerprint density at radius 3 is 2.30 bits per heavy atom. The molecule has 4 rings (SSSR count). The number of nitrogens with zero attached hydrogens (tertiary/aromatic N) is 3. The smallest absolute Gasteiger partial charge is 0.321 e. The van der Waals surface area contributed by atoms with Crippen molar-refractivity contribution in [2.45, 2.75) is 12.8 Å². The Hall–Kier alpha value is -4.14. The van der Waals surface area contributed by atoms with Crippen molar-refractivity contribution in [3.63, 3.8) is 0 Å². The number of carbonyl (C=O) groups is 2. The number of piperidine rings is 1. The van der Waals surface area contributed by atoms with E-state index in [2.05, 4.69) is 20.6 Å². The summed E-state index contributed by atoms with van der Waals surface area (Å²) in [7, 11) is 1.63. The van der Waals surface area contributed by atoms with Crippen LogP contribution in [0.3, 0.4) is 0 Å². The lowest BCUT2D eigenvalue weighted by molar-refractivity contribution is -0.122. The lowest BCUT2D eigenvalue weighted by atomic mass is 9.96. The van der Waals surface area contributed by atoms with E-state index in [0.717, 1.165) is 22.6 Å². The highest BCUT2D eigenvalue weighted by atomic mass is 16.5. The van der Waals surface area contributed by atoms with E-state index in [9.17, 15) is 9.59 Å². The number of hydrogen-bond donors (Lipinski definition) is 3. The summed E-state index contributed by atoms with van der Waals surface area (Å²) in [5.74, 6) is 0.787. The lowest BCUT2D eigenvalue weighted by Crippen LogP contribution is -2.43. The second kappa shape index (κ2) is 9.99. The summed E-state index contributed by atoms with van der Waals surface area (Å²) in [4.78, 5) is 34.4. The lowest BCUT2D eigenvalue weighted by Gasteiger charge is -2.30. The third kappa shape index (κ3) is 5.57. The molecule has 1 aliphatic heterocycles. The molecule has 170 valence electrons. The first kappa shape index (κ1) is 22.1. The number of urea groups is 1. The highest BCUT2D eigenvalue weighted by Gasteiger charge is 2.25. The number of nitrogens with one attached hydrogen (secondary N) is 2. The number of amides is 3. The van der Waals surface area contributed by atoms with E-state index < -0.39 is 0 Å². The van der Waals surface area contributed by atoms with Gasteiger partial charge in [0.25, 0.3) is 0 Å². The molecule has 0 radical (unpaired) electrons. The summed E-state index contributed by atoms with van der Waals surface area (Å²) in [6, 6.07) is 14.8. The number of rotatable bonds is 6. The minimum atomic E-state index is -0.298. The summed E-state index contributed by atoms with van der Waals surface area (Å²) in [6.45, 7) is 1.01. The SMILES string of the molecule is COc1ccc(-c2cnc(Nc3cccc(NC(=O)N4CCC(C(N)=O)CC4)c3)nc2)cc1. The van der Waals surface area contributed by atoms with Crippen molar-refractivity contribution >= 4 is 29.3 Å². The zero-order valence-corrected chi connectivity index (χ0v) is 18.3. The third-order valence-corrected chi connectivity index (χ3v) is 5.63. The van der Waals surface area contributed by atoms with Crippen molar-refractivity contribution in [2.24, 2.45) is 11.7 Å². The zero-order valence-electron chi connectivity index (χ0n) is 18.3. The number of carbonyl (C=O) groups excluding carboxylic acids is 2. The Morgan fingerprint density at radius 2 is 1.67 bits per heavy atom. The predicted octanol–water partition coefficient (Wildman–Crippen LogP) is 3.63. The molecular weight excluding hydrogens is 420 g/mol. The monoisotopic (exact) mass is 446 g/mol. The average Bonchev–Trinajstić information content (AvgIpc) is 2.85. The van der Waals surface area contributed by atoms with Crippen molar-refractivity contribution in [1.29, 1.82) is 0 Å². The van der Waals surface area contributed by atoms with Crippen molar-refractivity contribution in [3.8, 4) is 16.9 Å². The van der Waals surface area contributed by atoms with Gasteiger partial charge in [-0.1, -0.05) is 18.2 Å². The van der Waals surface area contributed by atoms with Gasteiger partial charge in [-0.2, -0.15) is 0 Å². The topological polar surface area (TPSA) is 122 Å². The van der Waals surface area contributed by atoms with Gasteiger partial charge in [-0.15, -0.1) is 0 Å². The first-order valence-electron chi connectivity index (χ1n) is 10.7. The highest BCUT2D eigenvalue weighted by molar-refractivity contribution is 5.90. The van der Waals surface area contributed by atoms with Gasteiger partial charge in [0, 0.05) is 48.3 Å². The molecule has 2 aromatic carbocycles. The van der Waals surface area contributed by atoms with E-state index in [-0.39, 0.29) is 17.9 Å². The maximum Gasteiger partial charge on any atom is 0.321 e. The number of ether oxygens (including phenoxy) is 1. The molecule has 0 atom stereocenters. The minimum absolute atomic E-state index is 0.155. The molecule has 9 nitrogen and oxygen atoms in total.